The van der Waals surface area contributed by atoms with E-state index in [1.165, 1.54) is 0 Å². The van der Waals surface area contributed by atoms with E-state index in [-0.39, 0.29) is 18.2 Å². The number of rotatable bonds is 10. The van der Waals surface area contributed by atoms with Crippen molar-refractivity contribution in [1.82, 2.24) is 10.2 Å². The van der Waals surface area contributed by atoms with E-state index in [4.69, 9.17) is 11.6 Å². The zero-order valence-corrected chi connectivity index (χ0v) is 17.4. The first-order valence-electron chi connectivity index (χ1n) is 9.86. The van der Waals surface area contributed by atoms with Gasteiger partial charge in [0.15, 0.2) is 0 Å². The predicted octanol–water partition coefficient (Wildman–Crippen LogP) is 4.61. The normalized spacial score (nSPS) is 11.7. The molecule has 28 heavy (non-hydrogen) atoms. The van der Waals surface area contributed by atoms with Crippen molar-refractivity contribution in [3.05, 3.63) is 70.7 Å². The van der Waals surface area contributed by atoms with Crippen molar-refractivity contribution < 1.29 is 9.59 Å². The van der Waals surface area contributed by atoms with Gasteiger partial charge < -0.3 is 10.2 Å². The lowest BCUT2D eigenvalue weighted by molar-refractivity contribution is -0.140. The zero-order valence-electron chi connectivity index (χ0n) is 16.7. The second kappa shape index (κ2) is 11.5. The average Bonchev–Trinajstić information content (AvgIpc) is 2.71. The smallest absolute Gasteiger partial charge is 0.242 e. The molecule has 1 unspecified atom stereocenters. The van der Waals surface area contributed by atoms with Gasteiger partial charge >= 0.3 is 0 Å². The number of nitrogens with zero attached hydrogens (tertiary/aromatic N) is 1. The quantitative estimate of drug-likeness (QED) is 0.592. The highest BCUT2D eigenvalue weighted by Gasteiger charge is 2.26. The van der Waals surface area contributed by atoms with Gasteiger partial charge in [0.2, 0.25) is 11.8 Å². The number of nitrogens with one attached hydrogen (secondary N) is 1. The molecule has 0 saturated carbocycles. The van der Waals surface area contributed by atoms with Gasteiger partial charge in [-0.05, 0) is 36.6 Å². The van der Waals surface area contributed by atoms with Crippen LogP contribution in [-0.4, -0.2) is 29.3 Å². The minimum absolute atomic E-state index is 0.0811. The molecule has 0 saturated heterocycles. The van der Waals surface area contributed by atoms with Crippen LogP contribution in [0.1, 0.15) is 44.2 Å². The molecule has 0 aromatic heterocycles. The lowest BCUT2D eigenvalue weighted by Crippen LogP contribution is -2.48. The van der Waals surface area contributed by atoms with Gasteiger partial charge in [-0.25, -0.2) is 0 Å². The summed E-state index contributed by atoms with van der Waals surface area (Å²) in [6, 6.07) is 16.4. The molecule has 0 spiro atoms. The number of halogens is 1. The minimum atomic E-state index is -0.540. The molecule has 0 fully saturated rings. The van der Waals surface area contributed by atoms with Gasteiger partial charge in [-0.15, -0.1) is 0 Å². The van der Waals surface area contributed by atoms with Crippen LogP contribution in [0.2, 0.25) is 5.02 Å². The second-order valence-corrected chi connectivity index (χ2v) is 7.42. The number of unbranched alkanes of at least 4 members (excludes halogenated alkanes) is 2. The van der Waals surface area contributed by atoms with Crippen molar-refractivity contribution in [1.29, 1.82) is 0 Å². The van der Waals surface area contributed by atoms with Gasteiger partial charge in [-0.1, -0.05) is 73.8 Å². The molecule has 2 rings (SSSR count). The summed E-state index contributed by atoms with van der Waals surface area (Å²) in [5.41, 5.74) is 1.88. The summed E-state index contributed by atoms with van der Waals surface area (Å²) in [7, 11) is 0. The Bertz CT molecular complexity index is 747. The number of hydrogen-bond acceptors (Lipinski definition) is 2. The van der Waals surface area contributed by atoms with E-state index in [9.17, 15) is 9.59 Å². The summed E-state index contributed by atoms with van der Waals surface area (Å²) >= 11 is 5.93. The summed E-state index contributed by atoms with van der Waals surface area (Å²) in [6.45, 7) is 4.96. The van der Waals surface area contributed by atoms with E-state index in [2.05, 4.69) is 12.2 Å². The summed E-state index contributed by atoms with van der Waals surface area (Å²) in [5.74, 6) is -0.195. The van der Waals surface area contributed by atoms with Gasteiger partial charge in [-0.2, -0.15) is 0 Å². The molecular weight excluding hydrogens is 372 g/mol. The van der Waals surface area contributed by atoms with Crippen LogP contribution < -0.4 is 5.32 Å². The average molecular weight is 401 g/mol. The molecular formula is C23H29ClN2O2. The maximum Gasteiger partial charge on any atom is 0.242 e. The summed E-state index contributed by atoms with van der Waals surface area (Å²) in [6.07, 6.45) is 3.37. The van der Waals surface area contributed by atoms with Crippen LogP contribution in [0, 0.1) is 0 Å². The SMILES string of the molecule is CCCCCNC(=O)C(C)N(Cc1ccccc1)C(=O)Cc1ccc(Cl)cc1. The predicted molar refractivity (Wildman–Crippen MR) is 114 cm³/mol. The topological polar surface area (TPSA) is 49.4 Å². The molecule has 150 valence electrons. The molecule has 2 aromatic carbocycles. The molecule has 5 heteroatoms. The van der Waals surface area contributed by atoms with Gasteiger partial charge in [0.25, 0.3) is 0 Å². The Morgan fingerprint density at radius 1 is 1.00 bits per heavy atom. The summed E-state index contributed by atoms with van der Waals surface area (Å²) < 4.78 is 0. The van der Waals surface area contributed by atoms with Crippen molar-refractivity contribution >= 4 is 23.4 Å². The molecule has 0 aliphatic heterocycles. The first kappa shape index (κ1) is 22.0. The fraction of sp³-hybridized carbons (Fsp3) is 0.391. The number of hydrogen-bond donors (Lipinski definition) is 1. The maximum atomic E-state index is 13.0. The van der Waals surface area contributed by atoms with E-state index in [1.54, 1.807) is 24.0 Å². The van der Waals surface area contributed by atoms with E-state index < -0.39 is 6.04 Å². The molecule has 1 atom stereocenters. The molecule has 0 aliphatic carbocycles. The van der Waals surface area contributed by atoms with E-state index in [0.717, 1.165) is 30.4 Å². The van der Waals surface area contributed by atoms with Crippen molar-refractivity contribution in [3.8, 4) is 0 Å². The summed E-state index contributed by atoms with van der Waals surface area (Å²) in [4.78, 5) is 27.3. The Kier molecular flexibility index (Phi) is 9.02. The Hall–Kier alpha value is -2.33. The van der Waals surface area contributed by atoms with E-state index in [1.807, 2.05) is 42.5 Å². The molecule has 0 radical (unpaired) electrons. The van der Waals surface area contributed by atoms with Crippen LogP contribution in [0.4, 0.5) is 0 Å². The summed E-state index contributed by atoms with van der Waals surface area (Å²) in [5, 5.41) is 3.60. The third kappa shape index (κ3) is 7.01. The lowest BCUT2D eigenvalue weighted by atomic mass is 10.1. The van der Waals surface area contributed by atoms with Crippen molar-refractivity contribution in [3.63, 3.8) is 0 Å². The Morgan fingerprint density at radius 3 is 2.32 bits per heavy atom. The van der Waals surface area contributed by atoms with Crippen LogP contribution >= 0.6 is 11.6 Å². The van der Waals surface area contributed by atoms with Crippen LogP contribution in [0.25, 0.3) is 0 Å². The molecule has 1 N–H and O–H groups in total. The number of carbonyl (C=O) groups is 2. The molecule has 0 bridgehead atoms. The Balaban J connectivity index is 2.09. The first-order valence-corrected chi connectivity index (χ1v) is 10.2. The Morgan fingerprint density at radius 2 is 1.68 bits per heavy atom. The molecule has 2 aromatic rings. The van der Waals surface area contributed by atoms with Crippen LogP contribution in [0.5, 0.6) is 0 Å². The fourth-order valence-electron chi connectivity index (χ4n) is 2.98. The zero-order chi connectivity index (χ0) is 20.4. The van der Waals surface area contributed by atoms with Gasteiger partial charge in [0.05, 0.1) is 6.42 Å². The van der Waals surface area contributed by atoms with Crippen molar-refractivity contribution in [2.24, 2.45) is 0 Å². The maximum absolute atomic E-state index is 13.0. The molecule has 0 aliphatic rings. The number of benzene rings is 2. The van der Waals surface area contributed by atoms with Crippen molar-refractivity contribution in [2.75, 3.05) is 6.54 Å². The standard InChI is InChI=1S/C23H29ClN2O2/c1-3-4-8-15-25-23(28)18(2)26(17-20-9-6-5-7-10-20)22(27)16-19-11-13-21(24)14-12-19/h5-7,9-14,18H,3-4,8,15-17H2,1-2H3,(H,25,28). The number of amides is 2. The molecule has 2 amide bonds. The van der Waals surface area contributed by atoms with Crippen molar-refractivity contribution in [2.45, 2.75) is 52.1 Å². The second-order valence-electron chi connectivity index (χ2n) is 6.98. The monoisotopic (exact) mass is 400 g/mol. The highest BCUT2D eigenvalue weighted by Crippen LogP contribution is 2.14. The highest BCUT2D eigenvalue weighted by molar-refractivity contribution is 6.30. The van der Waals surface area contributed by atoms with E-state index in [0.29, 0.717) is 18.1 Å². The van der Waals surface area contributed by atoms with Crippen LogP contribution in [0.15, 0.2) is 54.6 Å². The highest BCUT2D eigenvalue weighted by atomic mass is 35.5. The van der Waals surface area contributed by atoms with Crippen LogP contribution in [-0.2, 0) is 22.6 Å². The van der Waals surface area contributed by atoms with Gasteiger partial charge in [0, 0.05) is 18.1 Å². The fourth-order valence-corrected chi connectivity index (χ4v) is 3.10. The molecule has 4 nitrogen and oxygen atoms in total. The lowest BCUT2D eigenvalue weighted by Gasteiger charge is -2.29. The van der Waals surface area contributed by atoms with Gasteiger partial charge in [-0.3, -0.25) is 9.59 Å². The Labute approximate surface area is 172 Å². The first-order chi connectivity index (χ1) is 13.5. The third-order valence-electron chi connectivity index (χ3n) is 4.71. The third-order valence-corrected chi connectivity index (χ3v) is 4.96. The van der Waals surface area contributed by atoms with Gasteiger partial charge in [0.1, 0.15) is 6.04 Å². The largest absolute Gasteiger partial charge is 0.354 e. The number of carbonyl (C=O) groups excluding carboxylic acids is 2. The molecule has 0 heterocycles. The van der Waals surface area contributed by atoms with E-state index >= 15 is 0 Å². The minimum Gasteiger partial charge on any atom is -0.354 e. The van der Waals surface area contributed by atoms with Crippen LogP contribution in [0.3, 0.4) is 0 Å².